The second kappa shape index (κ2) is 9.88. The quantitative estimate of drug-likeness (QED) is 0.469. The lowest BCUT2D eigenvalue weighted by Gasteiger charge is -2.39. The van der Waals surface area contributed by atoms with E-state index < -0.39 is 37.3 Å². The molecule has 0 amide bonds. The Morgan fingerprint density at radius 3 is 2.15 bits per heavy atom. The molecule has 4 N–H and O–H groups in total. The van der Waals surface area contributed by atoms with Crippen molar-refractivity contribution in [3.63, 3.8) is 0 Å². The van der Waals surface area contributed by atoms with Gasteiger partial charge in [-0.1, -0.05) is 12.2 Å². The van der Waals surface area contributed by atoms with E-state index in [0.29, 0.717) is 18.1 Å². The predicted molar refractivity (Wildman–Crippen MR) is 94.9 cm³/mol. The number of benzene rings is 1. The zero-order valence-electron chi connectivity index (χ0n) is 15.4. The van der Waals surface area contributed by atoms with Crippen LogP contribution in [0.4, 0.5) is 0 Å². The first-order chi connectivity index (χ1) is 13.0. The Morgan fingerprint density at radius 2 is 1.63 bits per heavy atom. The Bertz CT molecular complexity index is 606. The molecule has 9 heteroatoms. The van der Waals surface area contributed by atoms with E-state index in [1.54, 1.807) is 19.2 Å². The highest BCUT2D eigenvalue weighted by molar-refractivity contribution is 5.62. The molecule has 0 aliphatic carbocycles. The van der Waals surface area contributed by atoms with Crippen molar-refractivity contribution in [2.45, 2.75) is 30.7 Å². The first kappa shape index (κ1) is 21.4. The molecular formula is C18H26O9. The van der Waals surface area contributed by atoms with E-state index in [0.717, 1.165) is 5.56 Å². The highest BCUT2D eigenvalue weighted by Gasteiger charge is 2.45. The summed E-state index contributed by atoms with van der Waals surface area (Å²) in [5, 5.41) is 39.2. The third-order valence-electron chi connectivity index (χ3n) is 4.14. The largest absolute Gasteiger partial charge is 0.493 e. The zero-order chi connectivity index (χ0) is 20.0. The molecule has 0 saturated carbocycles. The number of rotatable bonds is 8. The predicted octanol–water partition coefficient (Wildman–Crippen LogP) is -0.458. The molecule has 0 spiro atoms. The lowest BCUT2D eigenvalue weighted by Crippen LogP contribution is -2.60. The SMILES string of the molecule is COC/C=C/c1cc(OC)c(O[C@@H]2O[C@H](CO)[C@@H](O)[C@H](O)[C@H]2O)c(OC)c1. The standard InChI is InChI=1S/C18H26O9/c1-23-6-4-5-10-7-11(24-2)17(12(8-10)25-3)27-18-16(22)15(21)14(20)13(9-19)26-18/h4-5,7-8,13-16,18-22H,6,9H2,1-3H3/b5-4+/t13-,14-,15+,16-,18+/m1/s1. The third kappa shape index (κ3) is 4.89. The lowest BCUT2D eigenvalue weighted by atomic mass is 9.99. The van der Waals surface area contributed by atoms with Gasteiger partial charge < -0.3 is 44.1 Å². The highest BCUT2D eigenvalue weighted by atomic mass is 16.7. The maximum Gasteiger partial charge on any atom is 0.229 e. The average Bonchev–Trinajstić information content (AvgIpc) is 2.68. The molecule has 0 aromatic heterocycles. The van der Waals surface area contributed by atoms with Gasteiger partial charge in [-0.05, 0) is 17.7 Å². The van der Waals surface area contributed by atoms with Crippen LogP contribution < -0.4 is 14.2 Å². The summed E-state index contributed by atoms with van der Waals surface area (Å²) in [6.07, 6.45) is -3.37. The van der Waals surface area contributed by atoms with Gasteiger partial charge in [0.1, 0.15) is 24.4 Å². The van der Waals surface area contributed by atoms with E-state index >= 15 is 0 Å². The first-order valence-corrected chi connectivity index (χ1v) is 8.35. The maximum absolute atomic E-state index is 10.2. The molecular weight excluding hydrogens is 360 g/mol. The van der Waals surface area contributed by atoms with Crippen molar-refractivity contribution in [3.05, 3.63) is 23.8 Å². The summed E-state index contributed by atoms with van der Waals surface area (Å²) in [6.45, 7) is -0.115. The molecule has 5 atom stereocenters. The minimum absolute atomic E-state index is 0.147. The number of methoxy groups -OCH3 is 3. The summed E-state index contributed by atoms with van der Waals surface area (Å²) in [6, 6.07) is 3.38. The van der Waals surface area contributed by atoms with Crippen molar-refractivity contribution in [1.29, 1.82) is 0 Å². The summed E-state index contributed by atoms with van der Waals surface area (Å²) in [5.74, 6) is 0.764. The van der Waals surface area contributed by atoms with Crippen LogP contribution in [-0.2, 0) is 9.47 Å². The van der Waals surface area contributed by atoms with Crippen molar-refractivity contribution in [3.8, 4) is 17.2 Å². The molecule has 9 nitrogen and oxygen atoms in total. The van der Waals surface area contributed by atoms with Gasteiger partial charge >= 0.3 is 0 Å². The molecule has 2 rings (SSSR count). The fourth-order valence-corrected chi connectivity index (χ4v) is 2.67. The lowest BCUT2D eigenvalue weighted by molar-refractivity contribution is -0.277. The molecule has 0 unspecified atom stereocenters. The van der Waals surface area contributed by atoms with E-state index in [1.807, 2.05) is 12.2 Å². The Morgan fingerprint density at radius 1 is 1.00 bits per heavy atom. The van der Waals surface area contributed by atoms with Crippen molar-refractivity contribution in [1.82, 2.24) is 0 Å². The fourth-order valence-electron chi connectivity index (χ4n) is 2.67. The van der Waals surface area contributed by atoms with Gasteiger partial charge in [-0.25, -0.2) is 0 Å². The van der Waals surface area contributed by atoms with E-state index in [-0.39, 0.29) is 5.75 Å². The van der Waals surface area contributed by atoms with Gasteiger partial charge in [0.25, 0.3) is 0 Å². The highest BCUT2D eigenvalue weighted by Crippen LogP contribution is 2.40. The van der Waals surface area contributed by atoms with Gasteiger partial charge in [0.15, 0.2) is 11.5 Å². The van der Waals surface area contributed by atoms with Crippen molar-refractivity contribution >= 4 is 6.08 Å². The third-order valence-corrected chi connectivity index (χ3v) is 4.14. The van der Waals surface area contributed by atoms with Crippen LogP contribution in [0.15, 0.2) is 18.2 Å². The van der Waals surface area contributed by atoms with Gasteiger partial charge in [-0.3, -0.25) is 0 Å². The number of hydrogen-bond donors (Lipinski definition) is 4. The molecule has 1 heterocycles. The Hall–Kier alpha value is -1.88. The van der Waals surface area contributed by atoms with Crippen molar-refractivity contribution in [2.75, 3.05) is 34.5 Å². The summed E-state index contributed by atoms with van der Waals surface area (Å²) < 4.78 is 26.7. The van der Waals surface area contributed by atoms with Gasteiger partial charge in [0, 0.05) is 7.11 Å². The van der Waals surface area contributed by atoms with Gasteiger partial charge in [-0.15, -0.1) is 0 Å². The summed E-state index contributed by atoms with van der Waals surface area (Å²) in [5.41, 5.74) is 0.766. The number of ether oxygens (including phenoxy) is 5. The fraction of sp³-hybridized carbons (Fsp3) is 0.556. The molecule has 1 aromatic rings. The Kier molecular flexibility index (Phi) is 7.84. The van der Waals surface area contributed by atoms with Crippen LogP contribution in [0.1, 0.15) is 5.56 Å². The van der Waals surface area contributed by atoms with Gasteiger partial charge in [0.2, 0.25) is 12.0 Å². The van der Waals surface area contributed by atoms with E-state index in [9.17, 15) is 20.4 Å². The first-order valence-electron chi connectivity index (χ1n) is 8.35. The average molecular weight is 386 g/mol. The Labute approximate surface area is 157 Å². The molecule has 152 valence electrons. The van der Waals surface area contributed by atoms with Gasteiger partial charge in [-0.2, -0.15) is 0 Å². The van der Waals surface area contributed by atoms with Crippen LogP contribution in [0.5, 0.6) is 17.2 Å². The number of aliphatic hydroxyl groups is 4. The normalized spacial score (nSPS) is 28.3. The molecule has 1 fully saturated rings. The second-order valence-corrected chi connectivity index (χ2v) is 5.93. The van der Waals surface area contributed by atoms with Crippen LogP contribution >= 0.6 is 0 Å². The van der Waals surface area contributed by atoms with Crippen LogP contribution in [-0.4, -0.2) is 85.7 Å². The maximum atomic E-state index is 10.2. The second-order valence-electron chi connectivity index (χ2n) is 5.93. The molecule has 1 saturated heterocycles. The topological polar surface area (TPSA) is 127 Å². The molecule has 1 aromatic carbocycles. The minimum Gasteiger partial charge on any atom is -0.493 e. The molecule has 1 aliphatic heterocycles. The number of aliphatic hydroxyl groups excluding tert-OH is 4. The molecule has 0 bridgehead atoms. The van der Waals surface area contributed by atoms with Crippen LogP contribution in [0, 0.1) is 0 Å². The minimum atomic E-state index is -1.55. The van der Waals surface area contributed by atoms with Crippen molar-refractivity contribution in [2.24, 2.45) is 0 Å². The Balaban J connectivity index is 2.31. The van der Waals surface area contributed by atoms with E-state index in [2.05, 4.69) is 0 Å². The van der Waals surface area contributed by atoms with Crippen LogP contribution in [0.25, 0.3) is 6.08 Å². The van der Waals surface area contributed by atoms with Crippen molar-refractivity contribution < 1.29 is 44.1 Å². The molecule has 1 aliphatic rings. The van der Waals surface area contributed by atoms with Gasteiger partial charge in [0.05, 0.1) is 27.4 Å². The zero-order valence-corrected chi connectivity index (χ0v) is 15.4. The van der Waals surface area contributed by atoms with E-state index in [1.165, 1.54) is 14.2 Å². The summed E-state index contributed by atoms with van der Waals surface area (Å²) in [4.78, 5) is 0. The molecule has 27 heavy (non-hydrogen) atoms. The monoisotopic (exact) mass is 386 g/mol. The van der Waals surface area contributed by atoms with Crippen LogP contribution in [0.2, 0.25) is 0 Å². The summed E-state index contributed by atoms with van der Waals surface area (Å²) >= 11 is 0. The smallest absolute Gasteiger partial charge is 0.229 e. The van der Waals surface area contributed by atoms with E-state index in [4.69, 9.17) is 23.7 Å². The summed E-state index contributed by atoms with van der Waals surface area (Å²) in [7, 11) is 4.47. The molecule has 0 radical (unpaired) electrons. The number of hydrogen-bond acceptors (Lipinski definition) is 9. The van der Waals surface area contributed by atoms with Crippen LogP contribution in [0.3, 0.4) is 0 Å².